The van der Waals surface area contributed by atoms with E-state index in [-0.39, 0.29) is 35.7 Å². The number of nitrogens with zero attached hydrogens (tertiary/aromatic N) is 4. The van der Waals surface area contributed by atoms with E-state index in [0.717, 1.165) is 167 Å². The maximum atomic E-state index is 11.4. The quantitative estimate of drug-likeness (QED) is 0.0359. The number of nitrogens with one attached hydrogen (secondary N) is 1. The number of aldehydes is 1. The number of benzene rings is 5. The fourth-order valence-electron chi connectivity index (χ4n) is 10.7. The van der Waals surface area contributed by atoms with Crippen LogP contribution in [0.2, 0.25) is 0 Å². The molecular formula is C82H136BrI2N5O8. The summed E-state index contributed by atoms with van der Waals surface area (Å²) < 4.78 is 14.2. The molecule has 2 N–H and O–H groups in total. The van der Waals surface area contributed by atoms with Gasteiger partial charge in [0.1, 0.15) is 6.29 Å². The van der Waals surface area contributed by atoms with E-state index in [4.69, 9.17) is 14.6 Å². The van der Waals surface area contributed by atoms with Gasteiger partial charge in [-0.05, 0) is 163 Å². The summed E-state index contributed by atoms with van der Waals surface area (Å²) in [4.78, 5) is 54.0. The molecule has 5 aliphatic rings. The molecule has 0 radical (unpaired) electrons. The molecule has 10 rings (SSSR count). The number of carbonyl (C=O) groups is 4. The molecule has 13 nitrogen and oxygen atoms in total. The fourth-order valence-corrected chi connectivity index (χ4v) is 11.1. The predicted octanol–water partition coefficient (Wildman–Crippen LogP) is 19.8. The summed E-state index contributed by atoms with van der Waals surface area (Å²) in [6.45, 7) is 42.6. The molecule has 0 aromatic heterocycles. The maximum absolute atomic E-state index is 11.4. The zero-order valence-corrected chi connectivity index (χ0v) is 69.9. The number of hydrogen-bond donors (Lipinski definition) is 2. The van der Waals surface area contributed by atoms with Gasteiger partial charge in [0, 0.05) is 81.3 Å². The number of rotatable bonds is 14. The molecule has 16 heteroatoms. The zero-order chi connectivity index (χ0) is 74.4. The highest BCUT2D eigenvalue weighted by Crippen LogP contribution is 2.23. The molecule has 98 heavy (non-hydrogen) atoms. The number of aliphatic hydroxyl groups excluding tert-OH is 1. The lowest BCUT2D eigenvalue weighted by Crippen LogP contribution is -2.36. The van der Waals surface area contributed by atoms with Gasteiger partial charge in [0.2, 0.25) is 0 Å². The topological polar surface area (TPSA) is 141 Å². The normalized spacial score (nSPS) is 15.4. The van der Waals surface area contributed by atoms with Crippen LogP contribution in [0.5, 0.6) is 0 Å². The monoisotopic (exact) mass is 1650 g/mol. The number of ether oxygens (including phenoxy) is 3. The number of aliphatic hydroxyl groups is 1. The molecule has 5 aromatic rings. The van der Waals surface area contributed by atoms with Gasteiger partial charge in [-0.15, -0.1) is 0 Å². The van der Waals surface area contributed by atoms with Crippen LogP contribution in [0.1, 0.15) is 189 Å². The molecule has 0 atom stereocenters. The van der Waals surface area contributed by atoms with E-state index >= 15 is 0 Å². The van der Waals surface area contributed by atoms with Crippen molar-refractivity contribution >= 4 is 77.4 Å². The Labute approximate surface area is 630 Å². The number of methoxy groups -OCH3 is 3. The van der Waals surface area contributed by atoms with Crippen molar-refractivity contribution in [2.24, 2.45) is 29.6 Å². The summed E-state index contributed by atoms with van der Waals surface area (Å²) in [6.07, 6.45) is 11.0. The SMILES string of the molecule is BrCc1ccccc1.CC.CC.CC.CC.CC.CC.CC.COC(=O)C1CCN(Cc2ccccc2)CC1.COC(=O)C1CCN(Cc2ccccc2)CC1.COC(=O)C1CCNCC1.II.O=CC1CCN(Cc2ccccc2)CC1.OCC1CCN(Cc2ccccc2)CC1. The lowest BCUT2D eigenvalue weighted by molar-refractivity contribution is -0.147. The highest BCUT2D eigenvalue weighted by Gasteiger charge is 2.27. The van der Waals surface area contributed by atoms with Crippen molar-refractivity contribution in [2.75, 3.05) is 93.4 Å². The largest absolute Gasteiger partial charge is 0.469 e. The van der Waals surface area contributed by atoms with Gasteiger partial charge < -0.3 is 29.4 Å². The van der Waals surface area contributed by atoms with Crippen molar-refractivity contribution < 1.29 is 38.5 Å². The molecule has 0 unspecified atom stereocenters. The van der Waals surface area contributed by atoms with Crippen molar-refractivity contribution in [3.63, 3.8) is 0 Å². The molecule has 0 amide bonds. The molecule has 0 spiro atoms. The first-order chi connectivity index (χ1) is 48.1. The maximum Gasteiger partial charge on any atom is 0.308 e. The Bertz CT molecular complexity index is 2370. The highest BCUT2D eigenvalue weighted by atomic mass is 128. The van der Waals surface area contributed by atoms with E-state index in [1.807, 2.05) is 133 Å². The van der Waals surface area contributed by atoms with Crippen molar-refractivity contribution in [3.8, 4) is 0 Å². The second-order valence-corrected chi connectivity index (χ2v) is 22.5. The third-order valence-corrected chi connectivity index (χ3v) is 16.5. The van der Waals surface area contributed by atoms with Gasteiger partial charge in [-0.1, -0.05) is 265 Å². The highest BCUT2D eigenvalue weighted by molar-refractivity contribution is 15.0. The minimum atomic E-state index is -0.0542. The first-order valence-corrected chi connectivity index (χ1v) is 44.3. The van der Waals surface area contributed by atoms with Crippen LogP contribution in [-0.2, 0) is 64.9 Å². The van der Waals surface area contributed by atoms with Crippen molar-refractivity contribution in [3.05, 3.63) is 179 Å². The molecule has 5 heterocycles. The molecule has 0 saturated carbocycles. The Morgan fingerprint density at radius 1 is 0.398 bits per heavy atom. The van der Waals surface area contributed by atoms with Crippen LogP contribution in [0.25, 0.3) is 0 Å². The van der Waals surface area contributed by atoms with Crippen LogP contribution in [-0.4, -0.2) is 142 Å². The Balaban J connectivity index is -0.000000524. The number of likely N-dealkylation sites (tertiary alicyclic amines) is 4. The molecule has 5 aliphatic heterocycles. The third-order valence-electron chi connectivity index (χ3n) is 15.9. The first kappa shape index (κ1) is 100. The van der Waals surface area contributed by atoms with Crippen molar-refractivity contribution in [1.29, 1.82) is 0 Å². The number of alkyl halides is 1. The number of piperidine rings is 5. The van der Waals surface area contributed by atoms with Crippen LogP contribution in [0, 0.1) is 29.6 Å². The van der Waals surface area contributed by atoms with E-state index in [2.05, 4.69) is 198 Å². The fraction of sp³-hybridized carbons (Fsp3) is 0.585. The van der Waals surface area contributed by atoms with Crippen LogP contribution < -0.4 is 5.32 Å². The second kappa shape index (κ2) is 74.1. The van der Waals surface area contributed by atoms with Crippen LogP contribution >= 0.6 is 53.2 Å². The summed E-state index contributed by atoms with van der Waals surface area (Å²) in [5.74, 6) is 1.04. The van der Waals surface area contributed by atoms with E-state index in [1.54, 1.807) is 0 Å². The lowest BCUT2D eigenvalue weighted by Gasteiger charge is -2.30. The average Bonchev–Trinajstić information content (AvgIpc) is 1.09. The Kier molecular flexibility index (Phi) is 75.8. The van der Waals surface area contributed by atoms with E-state index in [9.17, 15) is 19.2 Å². The molecule has 0 bridgehead atoms. The van der Waals surface area contributed by atoms with Gasteiger partial charge >= 0.3 is 17.9 Å². The zero-order valence-electron chi connectivity index (χ0n) is 64.0. The minimum Gasteiger partial charge on any atom is -0.469 e. The molecule has 558 valence electrons. The molecular weight excluding hydrogens is 1520 g/mol. The molecule has 0 aliphatic carbocycles. The third kappa shape index (κ3) is 49.4. The van der Waals surface area contributed by atoms with Crippen molar-refractivity contribution in [1.82, 2.24) is 24.9 Å². The summed E-state index contributed by atoms with van der Waals surface area (Å²) in [5, 5.41) is 13.2. The van der Waals surface area contributed by atoms with Gasteiger partial charge in [-0.3, -0.25) is 34.0 Å². The van der Waals surface area contributed by atoms with E-state index in [0.29, 0.717) is 18.4 Å². The minimum absolute atomic E-state index is 0.0515. The number of halogens is 3. The van der Waals surface area contributed by atoms with Gasteiger partial charge in [0.25, 0.3) is 0 Å². The first-order valence-electron chi connectivity index (χ1n) is 36.9. The summed E-state index contributed by atoms with van der Waals surface area (Å²) in [7, 11) is 4.39. The van der Waals surface area contributed by atoms with Crippen LogP contribution in [0.4, 0.5) is 0 Å². The standard InChI is InChI=1S/2C14H19NO2.C13H19NO.C13H17NO.C7H7Br.C7H13NO2.7C2H6.I2/c2*1-17-14(16)13-7-9-15(10-8-13)11-12-5-3-2-4-6-12;2*15-11-13-6-8-14(9-7-13)10-12-4-2-1-3-5-12;8-6-7-4-2-1-3-5-7;1-10-7(9)6-2-4-8-5-3-6;8*1-2/h2*2-6,13H,7-11H2,1H3;1-5,13,15H,6-11H2;1-5,11,13H,6-10H2;1-5H,6H2;6,8H,2-5H2,1H3;7*1-2H3;. The number of esters is 3. The number of carbonyl (C=O) groups excluding carboxylic acids is 4. The Hall–Kier alpha value is -4.12. The Morgan fingerprint density at radius 2 is 0.622 bits per heavy atom. The average molecular weight is 1650 g/mol. The van der Waals surface area contributed by atoms with Gasteiger partial charge in [-0.2, -0.15) is 0 Å². The van der Waals surface area contributed by atoms with Gasteiger partial charge in [0.15, 0.2) is 0 Å². The van der Waals surface area contributed by atoms with Crippen LogP contribution in [0.3, 0.4) is 0 Å². The number of hydrogen-bond acceptors (Lipinski definition) is 13. The predicted molar refractivity (Wildman–Crippen MR) is 439 cm³/mol. The molecule has 5 saturated heterocycles. The summed E-state index contributed by atoms with van der Waals surface area (Å²) >= 11 is 7.60. The summed E-state index contributed by atoms with van der Waals surface area (Å²) in [5.41, 5.74) is 6.75. The Morgan fingerprint density at radius 3 is 0.837 bits per heavy atom. The van der Waals surface area contributed by atoms with Crippen LogP contribution in [0.15, 0.2) is 152 Å². The van der Waals surface area contributed by atoms with Gasteiger partial charge in [-0.25, -0.2) is 0 Å². The van der Waals surface area contributed by atoms with Gasteiger partial charge in [0.05, 0.1) is 39.1 Å². The van der Waals surface area contributed by atoms with E-state index in [1.165, 1.54) is 49.1 Å². The van der Waals surface area contributed by atoms with E-state index < -0.39 is 0 Å². The lowest BCUT2D eigenvalue weighted by atomic mass is 9.97. The molecule has 5 aromatic carbocycles. The second-order valence-electron chi connectivity index (χ2n) is 21.9. The smallest absolute Gasteiger partial charge is 0.308 e. The van der Waals surface area contributed by atoms with Crippen molar-refractivity contribution in [2.45, 2.75) is 193 Å². The molecule has 5 fully saturated rings. The summed E-state index contributed by atoms with van der Waals surface area (Å²) in [6, 6.07) is 52.3.